The molecule has 240 valence electrons. The molecule has 14 heteroatoms. The average Bonchev–Trinajstić information content (AvgIpc) is 3.31. The van der Waals surface area contributed by atoms with Crippen molar-refractivity contribution in [2.75, 3.05) is 31.5 Å². The van der Waals surface area contributed by atoms with Crippen molar-refractivity contribution >= 4 is 21.6 Å². The Balaban J connectivity index is 1.61. The SMILES string of the molecule is Cc1noc(C)c1S(=O)(=O)Nc1ccc2c(c1)CC(=O)N([C@@H](C)CO)C[C@@H](C)[C@H](CN(C)Cc1ccc(C(F)(F)F)cc1)O2. The molecule has 1 aromatic heterocycles. The third-order valence-corrected chi connectivity index (χ3v) is 9.26. The number of aryl methyl sites for hydroxylation is 2. The monoisotopic (exact) mass is 638 g/mol. The molecule has 3 aromatic rings. The van der Waals surface area contributed by atoms with Gasteiger partial charge in [-0.2, -0.15) is 13.2 Å². The minimum atomic E-state index is -4.42. The second-order valence-electron chi connectivity index (χ2n) is 11.4. The van der Waals surface area contributed by atoms with Gasteiger partial charge < -0.3 is 19.3 Å². The zero-order chi connectivity index (χ0) is 32.4. The van der Waals surface area contributed by atoms with Crippen molar-refractivity contribution < 1.29 is 40.8 Å². The molecule has 0 aliphatic carbocycles. The van der Waals surface area contributed by atoms with Crippen LogP contribution in [0.1, 0.15) is 42.0 Å². The van der Waals surface area contributed by atoms with Gasteiger partial charge in [-0.3, -0.25) is 14.4 Å². The highest BCUT2D eigenvalue weighted by molar-refractivity contribution is 7.92. The van der Waals surface area contributed by atoms with E-state index in [2.05, 4.69) is 9.88 Å². The number of carbonyl (C=O) groups is 1. The first-order chi connectivity index (χ1) is 20.6. The van der Waals surface area contributed by atoms with Crippen LogP contribution >= 0.6 is 0 Å². The number of likely N-dealkylation sites (N-methyl/N-ethyl adjacent to an activating group) is 1. The lowest BCUT2D eigenvalue weighted by atomic mass is 10.0. The van der Waals surface area contributed by atoms with E-state index in [4.69, 9.17) is 9.26 Å². The van der Waals surface area contributed by atoms with Gasteiger partial charge in [0.15, 0.2) is 10.7 Å². The van der Waals surface area contributed by atoms with Gasteiger partial charge >= 0.3 is 6.18 Å². The van der Waals surface area contributed by atoms with Gasteiger partial charge in [0.25, 0.3) is 10.0 Å². The first kappa shape index (κ1) is 33.3. The quantitative estimate of drug-likeness (QED) is 0.354. The van der Waals surface area contributed by atoms with E-state index in [1.807, 2.05) is 18.9 Å². The minimum Gasteiger partial charge on any atom is -0.488 e. The molecule has 0 saturated carbocycles. The molecule has 0 spiro atoms. The molecule has 0 fully saturated rings. The number of fused-ring (bicyclic) bond motifs is 1. The first-order valence-electron chi connectivity index (χ1n) is 14.1. The molecular formula is C30H37F3N4O6S. The molecule has 0 bridgehead atoms. The highest BCUT2D eigenvalue weighted by atomic mass is 32.2. The second-order valence-corrected chi connectivity index (χ2v) is 13.0. The van der Waals surface area contributed by atoms with Crippen LogP contribution in [-0.4, -0.2) is 73.3 Å². The number of anilines is 1. The van der Waals surface area contributed by atoms with Crippen LogP contribution in [0.15, 0.2) is 51.9 Å². The van der Waals surface area contributed by atoms with Gasteiger partial charge in [0.05, 0.1) is 24.6 Å². The Morgan fingerprint density at radius 1 is 1.18 bits per heavy atom. The maximum absolute atomic E-state index is 13.5. The van der Waals surface area contributed by atoms with Gasteiger partial charge in [-0.05, 0) is 63.7 Å². The molecule has 44 heavy (non-hydrogen) atoms. The van der Waals surface area contributed by atoms with Crippen LogP contribution in [0, 0.1) is 19.8 Å². The van der Waals surface area contributed by atoms with Crippen LogP contribution in [-0.2, 0) is 34.0 Å². The van der Waals surface area contributed by atoms with Crippen molar-refractivity contribution in [1.82, 2.24) is 15.0 Å². The van der Waals surface area contributed by atoms with Gasteiger partial charge in [0.1, 0.15) is 17.5 Å². The Morgan fingerprint density at radius 3 is 2.45 bits per heavy atom. The lowest BCUT2D eigenvalue weighted by molar-refractivity contribution is -0.137. The third-order valence-electron chi connectivity index (χ3n) is 7.63. The summed E-state index contributed by atoms with van der Waals surface area (Å²) in [4.78, 5) is 16.9. The lowest BCUT2D eigenvalue weighted by Gasteiger charge is -2.34. The highest BCUT2D eigenvalue weighted by Gasteiger charge is 2.32. The topological polar surface area (TPSA) is 125 Å². The van der Waals surface area contributed by atoms with Crippen molar-refractivity contribution in [3.63, 3.8) is 0 Å². The summed E-state index contributed by atoms with van der Waals surface area (Å²) in [5.74, 6) is 0.0819. The number of hydrogen-bond donors (Lipinski definition) is 2. The Bertz CT molecular complexity index is 1560. The zero-order valence-electron chi connectivity index (χ0n) is 25.2. The number of nitrogens with one attached hydrogen (secondary N) is 1. The smallest absolute Gasteiger partial charge is 0.416 e. The van der Waals surface area contributed by atoms with E-state index in [9.17, 15) is 31.5 Å². The highest BCUT2D eigenvalue weighted by Crippen LogP contribution is 2.32. The van der Waals surface area contributed by atoms with E-state index in [1.54, 1.807) is 30.0 Å². The van der Waals surface area contributed by atoms with Gasteiger partial charge in [0, 0.05) is 36.8 Å². The van der Waals surface area contributed by atoms with E-state index < -0.39 is 33.9 Å². The number of aliphatic hydroxyl groups is 1. The van der Waals surface area contributed by atoms with E-state index in [-0.39, 0.29) is 46.9 Å². The predicted molar refractivity (Wildman–Crippen MR) is 157 cm³/mol. The largest absolute Gasteiger partial charge is 0.488 e. The van der Waals surface area contributed by atoms with E-state index in [0.717, 1.165) is 12.1 Å². The maximum Gasteiger partial charge on any atom is 0.416 e. The minimum absolute atomic E-state index is 0.0683. The van der Waals surface area contributed by atoms with Crippen LogP contribution in [0.3, 0.4) is 0 Å². The number of carbonyl (C=O) groups excluding carboxylic acids is 1. The normalized spacial score (nSPS) is 18.7. The number of ether oxygens (including phenoxy) is 1. The Kier molecular flexibility index (Phi) is 9.96. The van der Waals surface area contributed by atoms with E-state index in [1.165, 1.54) is 26.0 Å². The van der Waals surface area contributed by atoms with Crippen LogP contribution in [0.4, 0.5) is 18.9 Å². The summed E-state index contributed by atoms with van der Waals surface area (Å²) in [7, 11) is -2.22. The van der Waals surface area contributed by atoms with E-state index >= 15 is 0 Å². The number of alkyl halides is 3. The van der Waals surface area contributed by atoms with Crippen LogP contribution in [0.2, 0.25) is 0 Å². The summed E-state index contributed by atoms with van der Waals surface area (Å²) in [6.07, 6.45) is -4.97. The van der Waals surface area contributed by atoms with Gasteiger partial charge in [-0.1, -0.05) is 24.2 Å². The van der Waals surface area contributed by atoms with Gasteiger partial charge in [0.2, 0.25) is 5.91 Å². The fourth-order valence-corrected chi connectivity index (χ4v) is 6.64. The summed E-state index contributed by atoms with van der Waals surface area (Å²) in [6, 6.07) is 9.20. The number of halogens is 3. The Labute approximate surface area is 254 Å². The molecule has 2 heterocycles. The van der Waals surface area contributed by atoms with Crippen molar-refractivity contribution in [1.29, 1.82) is 0 Å². The number of benzene rings is 2. The molecule has 1 aliphatic rings. The van der Waals surface area contributed by atoms with Gasteiger partial charge in [-0.25, -0.2) is 8.42 Å². The molecule has 1 amide bonds. The van der Waals surface area contributed by atoms with Crippen molar-refractivity contribution in [3.8, 4) is 5.75 Å². The van der Waals surface area contributed by atoms with Crippen molar-refractivity contribution in [3.05, 3.63) is 70.6 Å². The first-order valence-corrected chi connectivity index (χ1v) is 15.6. The third kappa shape index (κ3) is 7.71. The number of sulfonamides is 1. The van der Waals surface area contributed by atoms with Crippen molar-refractivity contribution in [2.45, 2.75) is 63.9 Å². The molecule has 4 rings (SSSR count). The average molecular weight is 639 g/mol. The molecule has 0 saturated heterocycles. The Hall–Kier alpha value is -3.62. The lowest BCUT2D eigenvalue weighted by Crippen LogP contribution is -2.47. The fourth-order valence-electron chi connectivity index (χ4n) is 5.26. The maximum atomic E-state index is 13.5. The molecule has 0 radical (unpaired) electrons. The molecular weight excluding hydrogens is 601 g/mol. The predicted octanol–water partition coefficient (Wildman–Crippen LogP) is 4.39. The number of aliphatic hydroxyl groups excluding tert-OH is 1. The summed E-state index contributed by atoms with van der Waals surface area (Å²) in [5.41, 5.74) is 0.850. The Morgan fingerprint density at radius 2 is 1.86 bits per heavy atom. The number of amides is 1. The number of rotatable bonds is 9. The standard InChI is InChI=1S/C30H37F3N4O6S/c1-18-14-37(19(2)17-38)28(39)13-23-12-25(35-44(40,41)29-20(3)34-43-21(29)4)10-11-26(23)42-27(18)16-36(5)15-22-6-8-24(9-7-22)30(31,32)33/h6-12,18-19,27,35,38H,13-17H2,1-5H3/t18-,19+,27+/m1/s1. The molecule has 0 unspecified atom stereocenters. The van der Waals surface area contributed by atoms with E-state index in [0.29, 0.717) is 36.5 Å². The van der Waals surface area contributed by atoms with Gasteiger partial charge in [-0.15, -0.1) is 0 Å². The molecule has 2 N–H and O–H groups in total. The van der Waals surface area contributed by atoms with Crippen molar-refractivity contribution in [2.24, 2.45) is 5.92 Å². The van der Waals surface area contributed by atoms with Crippen LogP contribution in [0.25, 0.3) is 0 Å². The summed E-state index contributed by atoms with van der Waals surface area (Å²) < 4.78 is 79.2. The summed E-state index contributed by atoms with van der Waals surface area (Å²) >= 11 is 0. The zero-order valence-corrected chi connectivity index (χ0v) is 26.0. The molecule has 1 aliphatic heterocycles. The molecule has 10 nitrogen and oxygen atoms in total. The molecule has 3 atom stereocenters. The molecule has 2 aromatic carbocycles. The summed E-state index contributed by atoms with van der Waals surface area (Å²) in [6.45, 7) is 7.46. The second kappa shape index (κ2) is 13.2. The number of hydrogen-bond acceptors (Lipinski definition) is 8. The number of aromatic nitrogens is 1. The van der Waals surface area contributed by atoms with Crippen LogP contribution < -0.4 is 9.46 Å². The number of nitrogens with zero attached hydrogens (tertiary/aromatic N) is 3. The van der Waals surface area contributed by atoms with Crippen LogP contribution in [0.5, 0.6) is 5.75 Å². The fraction of sp³-hybridized carbons (Fsp3) is 0.467. The summed E-state index contributed by atoms with van der Waals surface area (Å²) in [5, 5.41) is 13.6.